The fourth-order valence-electron chi connectivity index (χ4n) is 2.46. The quantitative estimate of drug-likeness (QED) is 0.762. The average Bonchev–Trinajstić information content (AvgIpc) is 2.82. The molecular formula is C14H25ClN2O3. The van der Waals surface area contributed by atoms with Crippen LogP contribution in [0.15, 0.2) is 6.20 Å². The molecule has 1 atom stereocenters. The molecule has 0 aliphatic heterocycles. The molecule has 0 fully saturated rings. The molecule has 0 saturated heterocycles. The summed E-state index contributed by atoms with van der Waals surface area (Å²) in [5, 5.41) is 15.5. The van der Waals surface area contributed by atoms with E-state index in [-0.39, 0.29) is 0 Å². The minimum absolute atomic E-state index is 0.458. The average molecular weight is 305 g/mol. The first kappa shape index (κ1) is 17.4. The van der Waals surface area contributed by atoms with E-state index in [0.29, 0.717) is 43.3 Å². The zero-order valence-corrected chi connectivity index (χ0v) is 13.5. The first-order chi connectivity index (χ1) is 9.56. The molecule has 0 amide bonds. The molecule has 0 bridgehead atoms. The Morgan fingerprint density at radius 3 is 2.55 bits per heavy atom. The van der Waals surface area contributed by atoms with Crippen LogP contribution >= 0.6 is 11.6 Å². The molecule has 1 unspecified atom stereocenters. The van der Waals surface area contributed by atoms with E-state index in [4.69, 9.17) is 21.1 Å². The van der Waals surface area contributed by atoms with Gasteiger partial charge in [0, 0.05) is 13.7 Å². The van der Waals surface area contributed by atoms with Gasteiger partial charge in [0.05, 0.1) is 35.7 Å². The van der Waals surface area contributed by atoms with Gasteiger partial charge >= 0.3 is 0 Å². The molecule has 0 aliphatic rings. The molecule has 5 nitrogen and oxygen atoms in total. The molecule has 1 rings (SSSR count). The molecule has 0 saturated carbocycles. The Hall–Kier alpha value is -0.620. The highest BCUT2D eigenvalue weighted by Gasteiger charge is 2.39. The van der Waals surface area contributed by atoms with E-state index in [1.165, 1.54) is 0 Å². The van der Waals surface area contributed by atoms with E-state index in [9.17, 15) is 5.11 Å². The summed E-state index contributed by atoms with van der Waals surface area (Å²) >= 11 is 6.20. The van der Waals surface area contributed by atoms with Crippen LogP contribution in [0.25, 0.3) is 0 Å². The summed E-state index contributed by atoms with van der Waals surface area (Å²) in [6.45, 7) is 7.54. The highest BCUT2D eigenvalue weighted by Crippen LogP contribution is 2.38. The summed E-state index contributed by atoms with van der Waals surface area (Å²) < 4.78 is 12.6. The number of aromatic nitrogens is 2. The number of halogens is 1. The number of nitrogens with zero attached hydrogens (tertiary/aromatic N) is 2. The molecule has 1 heterocycles. The smallest absolute Gasteiger partial charge is 0.126 e. The second-order valence-corrected chi connectivity index (χ2v) is 5.11. The van der Waals surface area contributed by atoms with Crippen molar-refractivity contribution in [2.24, 2.45) is 0 Å². The van der Waals surface area contributed by atoms with Crippen molar-refractivity contribution in [1.82, 2.24) is 9.78 Å². The summed E-state index contributed by atoms with van der Waals surface area (Å²) in [5.74, 6) is 0. The maximum atomic E-state index is 10.8. The lowest BCUT2D eigenvalue weighted by Crippen LogP contribution is -2.39. The van der Waals surface area contributed by atoms with Crippen molar-refractivity contribution in [3.8, 4) is 0 Å². The third kappa shape index (κ3) is 3.52. The number of methoxy groups -OCH3 is 1. The van der Waals surface area contributed by atoms with Crippen molar-refractivity contribution in [2.75, 3.05) is 20.3 Å². The topological polar surface area (TPSA) is 56.5 Å². The van der Waals surface area contributed by atoms with Crippen LogP contribution in [-0.2, 0) is 16.0 Å². The number of hydrogen-bond donors (Lipinski definition) is 1. The van der Waals surface area contributed by atoms with Gasteiger partial charge in [-0.2, -0.15) is 5.10 Å². The second-order valence-electron chi connectivity index (χ2n) is 4.70. The minimum atomic E-state index is -0.815. The van der Waals surface area contributed by atoms with Crippen molar-refractivity contribution < 1.29 is 14.6 Å². The highest BCUT2D eigenvalue weighted by molar-refractivity contribution is 6.31. The van der Waals surface area contributed by atoms with Gasteiger partial charge in [-0.05, 0) is 19.8 Å². The van der Waals surface area contributed by atoms with Crippen LogP contribution in [-0.4, -0.2) is 40.8 Å². The predicted molar refractivity (Wildman–Crippen MR) is 79.0 cm³/mol. The highest BCUT2D eigenvalue weighted by atomic mass is 35.5. The lowest BCUT2D eigenvalue weighted by Gasteiger charge is -2.36. The van der Waals surface area contributed by atoms with Crippen LogP contribution in [0.3, 0.4) is 0 Å². The van der Waals surface area contributed by atoms with Gasteiger partial charge in [0.2, 0.25) is 0 Å². The molecule has 0 aliphatic carbocycles. The Morgan fingerprint density at radius 2 is 2.05 bits per heavy atom. The standard InChI is InChI=1S/C14H25ClN2O3/c1-5-14(6-2,20-7-3)13(18)12-11(15)10-16-17(12)8-9-19-4/h10,13,18H,5-9H2,1-4H3. The molecule has 1 N–H and O–H groups in total. The van der Waals surface area contributed by atoms with Crippen molar-refractivity contribution >= 4 is 11.6 Å². The summed E-state index contributed by atoms with van der Waals surface area (Å²) in [5.41, 5.74) is -0.0376. The van der Waals surface area contributed by atoms with Crippen LogP contribution in [0.2, 0.25) is 5.02 Å². The van der Waals surface area contributed by atoms with Crippen LogP contribution in [0.4, 0.5) is 0 Å². The van der Waals surface area contributed by atoms with Crippen LogP contribution in [0.5, 0.6) is 0 Å². The van der Waals surface area contributed by atoms with E-state index < -0.39 is 11.7 Å². The van der Waals surface area contributed by atoms with Gasteiger partial charge in [0.25, 0.3) is 0 Å². The molecule has 1 aromatic rings. The van der Waals surface area contributed by atoms with Gasteiger partial charge in [-0.1, -0.05) is 25.4 Å². The lowest BCUT2D eigenvalue weighted by molar-refractivity contribution is -0.130. The Balaban J connectivity index is 3.10. The molecule has 0 radical (unpaired) electrons. The molecule has 116 valence electrons. The fraction of sp³-hybridized carbons (Fsp3) is 0.786. The van der Waals surface area contributed by atoms with E-state index >= 15 is 0 Å². The van der Waals surface area contributed by atoms with Gasteiger partial charge in [-0.25, -0.2) is 0 Å². The number of aliphatic hydroxyl groups excluding tert-OH is 1. The first-order valence-electron chi connectivity index (χ1n) is 7.08. The van der Waals surface area contributed by atoms with Crippen molar-refractivity contribution in [3.05, 3.63) is 16.9 Å². The number of aliphatic hydroxyl groups is 1. The maximum Gasteiger partial charge on any atom is 0.126 e. The van der Waals surface area contributed by atoms with Gasteiger partial charge in [-0.3, -0.25) is 4.68 Å². The Kier molecular flexibility index (Phi) is 6.95. The fourth-order valence-corrected chi connectivity index (χ4v) is 2.70. The molecule has 6 heteroatoms. The predicted octanol–water partition coefficient (Wildman–Crippen LogP) is 2.81. The number of hydrogen-bond acceptors (Lipinski definition) is 4. The maximum absolute atomic E-state index is 10.8. The SMILES string of the molecule is CCOC(CC)(CC)C(O)c1c(Cl)cnn1CCOC. The third-order valence-electron chi connectivity index (χ3n) is 3.73. The first-order valence-corrected chi connectivity index (χ1v) is 7.46. The second kappa shape index (κ2) is 7.98. The van der Waals surface area contributed by atoms with Gasteiger partial charge in [-0.15, -0.1) is 0 Å². The largest absolute Gasteiger partial charge is 0.384 e. The minimum Gasteiger partial charge on any atom is -0.384 e. The van der Waals surface area contributed by atoms with Gasteiger partial charge < -0.3 is 14.6 Å². The molecule has 20 heavy (non-hydrogen) atoms. The zero-order chi connectivity index (χ0) is 15.2. The number of rotatable bonds is 9. The summed E-state index contributed by atoms with van der Waals surface area (Å²) in [6, 6.07) is 0. The molecular weight excluding hydrogens is 280 g/mol. The lowest BCUT2D eigenvalue weighted by atomic mass is 9.88. The summed E-state index contributed by atoms with van der Waals surface area (Å²) in [4.78, 5) is 0. The number of ether oxygens (including phenoxy) is 2. The summed E-state index contributed by atoms with van der Waals surface area (Å²) in [7, 11) is 1.63. The van der Waals surface area contributed by atoms with E-state index in [0.717, 1.165) is 0 Å². The van der Waals surface area contributed by atoms with Crippen LogP contribution < -0.4 is 0 Å². The van der Waals surface area contributed by atoms with Gasteiger partial charge in [0.15, 0.2) is 0 Å². The Labute approximate surface area is 125 Å². The molecule has 0 spiro atoms. The normalized spacial score (nSPS) is 13.7. The van der Waals surface area contributed by atoms with Crippen LogP contribution in [0.1, 0.15) is 45.4 Å². The molecule has 1 aromatic heterocycles. The third-order valence-corrected chi connectivity index (χ3v) is 4.02. The Bertz CT molecular complexity index is 405. The van der Waals surface area contributed by atoms with Crippen molar-refractivity contribution in [2.45, 2.75) is 51.9 Å². The van der Waals surface area contributed by atoms with E-state index in [1.54, 1.807) is 18.0 Å². The molecule has 0 aromatic carbocycles. The van der Waals surface area contributed by atoms with Crippen molar-refractivity contribution in [3.63, 3.8) is 0 Å². The monoisotopic (exact) mass is 304 g/mol. The Morgan fingerprint density at radius 1 is 1.40 bits per heavy atom. The van der Waals surface area contributed by atoms with Gasteiger partial charge in [0.1, 0.15) is 6.10 Å². The van der Waals surface area contributed by atoms with Crippen LogP contribution in [0, 0.1) is 0 Å². The van der Waals surface area contributed by atoms with E-state index in [2.05, 4.69) is 5.10 Å². The summed E-state index contributed by atoms with van der Waals surface area (Å²) in [6.07, 6.45) is 2.14. The zero-order valence-electron chi connectivity index (χ0n) is 12.7. The van der Waals surface area contributed by atoms with Crippen molar-refractivity contribution in [1.29, 1.82) is 0 Å². The van der Waals surface area contributed by atoms with E-state index in [1.807, 2.05) is 20.8 Å².